The van der Waals surface area contributed by atoms with Gasteiger partial charge in [-0.25, -0.2) is 18.2 Å². The second-order valence-corrected chi connectivity index (χ2v) is 8.01. The molecule has 0 unspecified atom stereocenters. The van der Waals surface area contributed by atoms with E-state index in [-0.39, 0.29) is 24.2 Å². The lowest BCUT2D eigenvalue weighted by molar-refractivity contribution is 0.0785. The maximum atomic E-state index is 14.3. The van der Waals surface area contributed by atoms with Crippen LogP contribution < -0.4 is 16.0 Å². The zero-order valence-electron chi connectivity index (χ0n) is 17.5. The summed E-state index contributed by atoms with van der Waals surface area (Å²) in [5, 5.41) is 13.4. The molecular weight excluding hydrogens is 419 g/mol. The predicted molar refractivity (Wildman–Crippen MR) is 116 cm³/mol. The van der Waals surface area contributed by atoms with Gasteiger partial charge in [0.05, 0.1) is 41.5 Å². The Balaban J connectivity index is 1.57. The molecule has 1 fully saturated rings. The number of aromatic nitrogens is 2. The van der Waals surface area contributed by atoms with Gasteiger partial charge in [0.1, 0.15) is 23.1 Å². The molecule has 3 aromatic rings. The van der Waals surface area contributed by atoms with Crippen LogP contribution in [0.15, 0.2) is 48.8 Å². The lowest BCUT2D eigenvalue weighted by atomic mass is 9.92. The summed E-state index contributed by atoms with van der Waals surface area (Å²) in [6.45, 7) is 3.23. The molecule has 1 saturated heterocycles. The highest BCUT2D eigenvalue weighted by Crippen LogP contribution is 2.30. The van der Waals surface area contributed by atoms with Crippen LogP contribution in [-0.2, 0) is 6.54 Å². The fourth-order valence-electron chi connectivity index (χ4n) is 3.98. The molecule has 2 aromatic heterocycles. The molecule has 6 nitrogen and oxygen atoms in total. The number of rotatable bonds is 5. The molecule has 1 aliphatic heterocycles. The molecule has 1 aliphatic rings. The molecule has 0 saturated carbocycles. The average Bonchev–Trinajstić information content (AvgIpc) is 2.77. The second-order valence-electron chi connectivity index (χ2n) is 8.01. The van der Waals surface area contributed by atoms with Gasteiger partial charge < -0.3 is 21.1 Å². The van der Waals surface area contributed by atoms with E-state index in [1.807, 2.05) is 13.0 Å². The van der Waals surface area contributed by atoms with Crippen LogP contribution in [0.1, 0.15) is 12.6 Å². The Morgan fingerprint density at radius 3 is 2.56 bits per heavy atom. The predicted octanol–water partition coefficient (Wildman–Crippen LogP) is 3.32. The number of hydrogen-bond donors (Lipinski definition) is 3. The summed E-state index contributed by atoms with van der Waals surface area (Å²) in [6, 6.07) is 7.40. The van der Waals surface area contributed by atoms with Gasteiger partial charge in [0.25, 0.3) is 0 Å². The highest BCUT2D eigenvalue weighted by Gasteiger charge is 2.31. The van der Waals surface area contributed by atoms with Crippen molar-refractivity contribution in [2.24, 2.45) is 11.7 Å². The number of nitrogens with one attached hydrogen (secondary N) is 1. The van der Waals surface area contributed by atoms with Crippen LogP contribution in [0.5, 0.6) is 0 Å². The Kier molecular flexibility index (Phi) is 6.29. The standard InChI is InChI=1S/C23H24F3N5O/c1-13-11-31(12-18(27)23(13)32)20-7-8-28-10-19(20)29-9-14-5-6-17(26)22(30-14)21-15(24)3-2-4-16(21)25/h2-8,10,13,18,23,29,32H,9,11-12,27H2,1H3/t13-,18+,23+/m0/s1. The van der Waals surface area contributed by atoms with Gasteiger partial charge in [0.2, 0.25) is 0 Å². The minimum absolute atomic E-state index is 0.00301. The zero-order valence-corrected chi connectivity index (χ0v) is 17.5. The van der Waals surface area contributed by atoms with Crippen LogP contribution in [0.2, 0.25) is 0 Å². The number of piperidine rings is 1. The molecule has 4 rings (SSSR count). The van der Waals surface area contributed by atoms with E-state index >= 15 is 0 Å². The summed E-state index contributed by atoms with van der Waals surface area (Å²) in [7, 11) is 0. The van der Waals surface area contributed by atoms with E-state index in [1.54, 1.807) is 12.4 Å². The summed E-state index contributed by atoms with van der Waals surface area (Å²) in [5.41, 5.74) is 7.17. The van der Waals surface area contributed by atoms with E-state index in [4.69, 9.17) is 5.73 Å². The van der Waals surface area contributed by atoms with Gasteiger partial charge >= 0.3 is 0 Å². The molecular formula is C23H24F3N5O. The van der Waals surface area contributed by atoms with Gasteiger partial charge in [-0.3, -0.25) is 4.98 Å². The third kappa shape index (κ3) is 4.39. The van der Waals surface area contributed by atoms with E-state index in [0.29, 0.717) is 24.5 Å². The van der Waals surface area contributed by atoms with Crippen LogP contribution in [0.3, 0.4) is 0 Å². The number of anilines is 2. The average molecular weight is 443 g/mol. The van der Waals surface area contributed by atoms with Crippen molar-refractivity contribution in [1.82, 2.24) is 9.97 Å². The fourth-order valence-corrected chi connectivity index (χ4v) is 3.98. The smallest absolute Gasteiger partial charge is 0.149 e. The fraction of sp³-hybridized carbons (Fsp3) is 0.304. The number of nitrogens with two attached hydrogens (primary N) is 1. The van der Waals surface area contributed by atoms with Crippen molar-refractivity contribution in [3.8, 4) is 11.3 Å². The first-order valence-electron chi connectivity index (χ1n) is 10.3. The van der Waals surface area contributed by atoms with Gasteiger partial charge in [0, 0.05) is 31.2 Å². The summed E-state index contributed by atoms with van der Waals surface area (Å²) in [5.74, 6) is -2.57. The van der Waals surface area contributed by atoms with Crippen molar-refractivity contribution >= 4 is 11.4 Å². The Morgan fingerprint density at radius 2 is 1.84 bits per heavy atom. The minimum atomic E-state index is -0.881. The molecule has 0 spiro atoms. The van der Waals surface area contributed by atoms with Crippen molar-refractivity contribution in [2.75, 3.05) is 23.3 Å². The van der Waals surface area contributed by atoms with Crippen LogP contribution in [0.25, 0.3) is 11.3 Å². The van der Waals surface area contributed by atoms with Crippen molar-refractivity contribution < 1.29 is 18.3 Å². The van der Waals surface area contributed by atoms with Crippen molar-refractivity contribution in [1.29, 1.82) is 0 Å². The minimum Gasteiger partial charge on any atom is -0.391 e. The van der Waals surface area contributed by atoms with E-state index in [2.05, 4.69) is 20.2 Å². The van der Waals surface area contributed by atoms with Crippen LogP contribution in [0, 0.1) is 23.4 Å². The first kappa shape index (κ1) is 22.0. The number of pyridine rings is 2. The highest BCUT2D eigenvalue weighted by molar-refractivity contribution is 5.69. The van der Waals surface area contributed by atoms with Gasteiger partial charge in [0.15, 0.2) is 0 Å². The summed E-state index contributed by atoms with van der Waals surface area (Å²) in [6.07, 6.45) is 2.75. The normalized spacial score (nSPS) is 20.9. The molecule has 9 heteroatoms. The third-order valence-corrected chi connectivity index (χ3v) is 5.66. The van der Waals surface area contributed by atoms with Crippen LogP contribution in [0.4, 0.5) is 24.5 Å². The third-order valence-electron chi connectivity index (χ3n) is 5.66. The Morgan fingerprint density at radius 1 is 1.09 bits per heavy atom. The number of hydrogen-bond acceptors (Lipinski definition) is 6. The van der Waals surface area contributed by atoms with E-state index in [0.717, 1.165) is 23.9 Å². The molecule has 1 aromatic carbocycles. The van der Waals surface area contributed by atoms with Gasteiger partial charge in [-0.2, -0.15) is 0 Å². The van der Waals surface area contributed by atoms with Crippen molar-refractivity contribution in [2.45, 2.75) is 25.6 Å². The Labute approximate surface area is 183 Å². The van der Waals surface area contributed by atoms with Gasteiger partial charge in [-0.05, 0) is 30.3 Å². The molecule has 4 N–H and O–H groups in total. The molecule has 0 amide bonds. The first-order chi connectivity index (χ1) is 15.3. The molecule has 168 valence electrons. The Bertz CT molecular complexity index is 1080. The monoisotopic (exact) mass is 443 g/mol. The lowest BCUT2D eigenvalue weighted by Crippen LogP contribution is -2.55. The maximum Gasteiger partial charge on any atom is 0.149 e. The topological polar surface area (TPSA) is 87.3 Å². The molecule has 0 bridgehead atoms. The molecule has 0 radical (unpaired) electrons. The zero-order chi connectivity index (χ0) is 22.8. The molecule has 32 heavy (non-hydrogen) atoms. The SMILES string of the molecule is C[C@H]1CN(c2ccncc2NCc2ccc(F)c(-c3c(F)cccc3F)n2)C[C@@H](N)[C@@H]1O. The number of aliphatic hydroxyl groups excluding tert-OH is 1. The summed E-state index contributed by atoms with van der Waals surface area (Å²) < 4.78 is 42.6. The van der Waals surface area contributed by atoms with Crippen LogP contribution >= 0.6 is 0 Å². The Hall–Kier alpha value is -3.17. The molecule has 0 aliphatic carbocycles. The number of nitrogens with zero attached hydrogens (tertiary/aromatic N) is 3. The van der Waals surface area contributed by atoms with E-state index in [9.17, 15) is 18.3 Å². The highest BCUT2D eigenvalue weighted by atomic mass is 19.1. The van der Waals surface area contributed by atoms with Crippen molar-refractivity contribution in [3.63, 3.8) is 0 Å². The molecule has 3 atom stereocenters. The van der Waals surface area contributed by atoms with Crippen LogP contribution in [-0.4, -0.2) is 40.3 Å². The second kappa shape index (κ2) is 9.13. The van der Waals surface area contributed by atoms with E-state index < -0.39 is 29.1 Å². The first-order valence-corrected chi connectivity index (χ1v) is 10.3. The van der Waals surface area contributed by atoms with Gasteiger partial charge in [-0.1, -0.05) is 13.0 Å². The number of aliphatic hydroxyl groups is 1. The molecule has 3 heterocycles. The maximum absolute atomic E-state index is 14.3. The summed E-state index contributed by atoms with van der Waals surface area (Å²) in [4.78, 5) is 10.4. The van der Waals surface area contributed by atoms with Gasteiger partial charge in [-0.15, -0.1) is 0 Å². The quantitative estimate of drug-likeness (QED) is 0.561. The number of benzene rings is 1. The largest absolute Gasteiger partial charge is 0.391 e. The summed E-state index contributed by atoms with van der Waals surface area (Å²) >= 11 is 0. The number of halogens is 3. The van der Waals surface area contributed by atoms with E-state index in [1.165, 1.54) is 12.1 Å². The lowest BCUT2D eigenvalue weighted by Gasteiger charge is -2.40. The van der Waals surface area contributed by atoms with Crippen molar-refractivity contribution in [3.05, 3.63) is 71.9 Å².